The smallest absolute Gasteiger partial charge is 0.135 e. The largest absolute Gasteiger partial charge is 0.383 e. The molecule has 0 atom stereocenters. The lowest BCUT2D eigenvalue weighted by molar-refractivity contribution is 0.303. The molecule has 100 valence electrons. The van der Waals surface area contributed by atoms with Crippen LogP contribution in [0.25, 0.3) is 0 Å². The maximum absolute atomic E-state index is 5.94. The van der Waals surface area contributed by atoms with Gasteiger partial charge in [-0.25, -0.2) is 9.97 Å². The van der Waals surface area contributed by atoms with E-state index >= 15 is 0 Å². The third kappa shape index (κ3) is 2.92. The summed E-state index contributed by atoms with van der Waals surface area (Å²) >= 11 is 0. The highest BCUT2D eigenvalue weighted by Gasteiger charge is 2.17. The molecule has 1 aromatic heterocycles. The maximum Gasteiger partial charge on any atom is 0.135 e. The number of nitrogens with one attached hydrogen (secondary N) is 1. The van der Waals surface area contributed by atoms with Gasteiger partial charge in [-0.05, 0) is 19.3 Å². The summed E-state index contributed by atoms with van der Waals surface area (Å²) in [5, 5.41) is 3.42. The Balaban J connectivity index is 2.00. The molecule has 0 amide bonds. The average Bonchev–Trinajstić information content (AvgIpc) is 2.26. The van der Waals surface area contributed by atoms with Crippen LogP contribution in [-0.2, 0) is 0 Å². The number of hydrogen-bond acceptors (Lipinski definition) is 4. The zero-order valence-corrected chi connectivity index (χ0v) is 11.7. The lowest BCUT2D eigenvalue weighted by Crippen LogP contribution is -2.17. The molecule has 0 spiro atoms. The van der Waals surface area contributed by atoms with E-state index in [0.29, 0.717) is 11.7 Å². The van der Waals surface area contributed by atoms with Crippen LogP contribution in [0.3, 0.4) is 0 Å². The van der Waals surface area contributed by atoms with Gasteiger partial charge in [0.05, 0.1) is 0 Å². The Hall–Kier alpha value is -1.32. The van der Waals surface area contributed by atoms with Gasteiger partial charge in [0.2, 0.25) is 0 Å². The first-order chi connectivity index (χ1) is 8.58. The topological polar surface area (TPSA) is 63.8 Å². The van der Waals surface area contributed by atoms with Crippen molar-refractivity contribution in [3.05, 3.63) is 11.4 Å². The fourth-order valence-corrected chi connectivity index (χ4v) is 2.16. The van der Waals surface area contributed by atoms with Crippen LogP contribution >= 0.6 is 0 Å². The summed E-state index contributed by atoms with van der Waals surface area (Å²) in [5.41, 5.74) is 6.90. The Kier molecular flexibility index (Phi) is 4.04. The molecule has 0 unspecified atom stereocenters. The number of rotatable bonds is 5. The second-order valence-corrected chi connectivity index (χ2v) is 5.61. The number of hydrogen-bond donors (Lipinski definition) is 2. The standard InChI is InChI=1S/C14H24N4/c1-9(2)13-17-12(15)10(3)14(18-13)16-8-7-11-5-4-6-11/h9,11H,4-8H2,1-3H3,(H3,15,16,17,18). The molecule has 1 saturated carbocycles. The van der Waals surface area contributed by atoms with Crippen molar-refractivity contribution in [2.45, 2.75) is 52.4 Å². The van der Waals surface area contributed by atoms with Crippen LogP contribution in [0.1, 0.15) is 56.8 Å². The fraction of sp³-hybridized carbons (Fsp3) is 0.714. The van der Waals surface area contributed by atoms with E-state index in [1.54, 1.807) is 0 Å². The molecule has 0 aromatic carbocycles. The van der Waals surface area contributed by atoms with Crippen molar-refractivity contribution in [1.82, 2.24) is 9.97 Å². The number of aromatic nitrogens is 2. The van der Waals surface area contributed by atoms with Crippen molar-refractivity contribution in [2.24, 2.45) is 5.92 Å². The molecule has 1 fully saturated rings. The molecule has 4 heteroatoms. The van der Waals surface area contributed by atoms with Crippen molar-refractivity contribution in [2.75, 3.05) is 17.6 Å². The molecule has 1 aliphatic rings. The van der Waals surface area contributed by atoms with Crippen molar-refractivity contribution < 1.29 is 0 Å². The summed E-state index contributed by atoms with van der Waals surface area (Å²) in [4.78, 5) is 8.90. The van der Waals surface area contributed by atoms with Gasteiger partial charge in [-0.15, -0.1) is 0 Å². The molecule has 1 aliphatic carbocycles. The van der Waals surface area contributed by atoms with Crippen LogP contribution < -0.4 is 11.1 Å². The molecular formula is C14H24N4. The molecule has 1 aromatic rings. The minimum absolute atomic E-state index is 0.306. The molecule has 2 rings (SSSR count). The van der Waals surface area contributed by atoms with E-state index < -0.39 is 0 Å². The predicted molar refractivity (Wildman–Crippen MR) is 75.7 cm³/mol. The molecule has 0 saturated heterocycles. The summed E-state index contributed by atoms with van der Waals surface area (Å²) in [5.74, 6) is 3.55. The lowest BCUT2D eigenvalue weighted by Gasteiger charge is -2.25. The highest BCUT2D eigenvalue weighted by molar-refractivity contribution is 5.54. The van der Waals surface area contributed by atoms with Crippen molar-refractivity contribution >= 4 is 11.6 Å². The van der Waals surface area contributed by atoms with Gasteiger partial charge < -0.3 is 11.1 Å². The van der Waals surface area contributed by atoms with E-state index in [4.69, 9.17) is 5.73 Å². The van der Waals surface area contributed by atoms with Crippen LogP contribution in [0.2, 0.25) is 0 Å². The summed E-state index contributed by atoms with van der Waals surface area (Å²) in [6.45, 7) is 7.13. The van der Waals surface area contributed by atoms with Crippen LogP contribution in [0.15, 0.2) is 0 Å². The van der Waals surface area contributed by atoms with Crippen LogP contribution in [-0.4, -0.2) is 16.5 Å². The molecule has 18 heavy (non-hydrogen) atoms. The van der Waals surface area contributed by atoms with Gasteiger partial charge in [-0.1, -0.05) is 33.1 Å². The highest BCUT2D eigenvalue weighted by Crippen LogP contribution is 2.29. The first kappa shape index (κ1) is 13.1. The average molecular weight is 248 g/mol. The predicted octanol–water partition coefficient (Wildman–Crippen LogP) is 3.09. The Morgan fingerprint density at radius 3 is 2.61 bits per heavy atom. The Labute approximate surface area is 109 Å². The Morgan fingerprint density at radius 2 is 2.06 bits per heavy atom. The second-order valence-electron chi connectivity index (χ2n) is 5.61. The number of nitrogens with zero attached hydrogens (tertiary/aromatic N) is 2. The minimum Gasteiger partial charge on any atom is -0.383 e. The van der Waals surface area contributed by atoms with Crippen LogP contribution in [0.5, 0.6) is 0 Å². The molecule has 3 N–H and O–H groups in total. The Morgan fingerprint density at radius 1 is 1.33 bits per heavy atom. The molecule has 0 radical (unpaired) electrons. The van der Waals surface area contributed by atoms with Gasteiger partial charge in [0.25, 0.3) is 0 Å². The van der Waals surface area contributed by atoms with Crippen molar-refractivity contribution in [1.29, 1.82) is 0 Å². The maximum atomic E-state index is 5.94. The quantitative estimate of drug-likeness (QED) is 0.840. The van der Waals surface area contributed by atoms with Crippen LogP contribution in [0, 0.1) is 12.8 Å². The monoisotopic (exact) mass is 248 g/mol. The molecule has 0 aliphatic heterocycles. The summed E-state index contributed by atoms with van der Waals surface area (Å²) in [6.07, 6.45) is 5.43. The minimum atomic E-state index is 0.306. The normalized spacial score (nSPS) is 15.8. The fourth-order valence-electron chi connectivity index (χ4n) is 2.16. The van der Waals surface area contributed by atoms with Crippen molar-refractivity contribution in [3.63, 3.8) is 0 Å². The zero-order valence-electron chi connectivity index (χ0n) is 11.7. The molecule has 0 bridgehead atoms. The number of anilines is 2. The first-order valence-corrected chi connectivity index (χ1v) is 6.95. The van der Waals surface area contributed by atoms with E-state index in [2.05, 4.69) is 29.1 Å². The molecular weight excluding hydrogens is 224 g/mol. The van der Waals surface area contributed by atoms with Gasteiger partial charge in [0.15, 0.2) is 0 Å². The van der Waals surface area contributed by atoms with Crippen LogP contribution in [0.4, 0.5) is 11.6 Å². The summed E-state index contributed by atoms with van der Waals surface area (Å²) in [7, 11) is 0. The van der Waals surface area contributed by atoms with Gasteiger partial charge in [-0.3, -0.25) is 0 Å². The van der Waals surface area contributed by atoms with E-state index in [1.165, 1.54) is 25.7 Å². The number of nitrogen functional groups attached to an aromatic ring is 1. The van der Waals surface area contributed by atoms with E-state index in [0.717, 1.165) is 29.7 Å². The third-order valence-corrected chi connectivity index (χ3v) is 3.79. The van der Waals surface area contributed by atoms with Gasteiger partial charge in [-0.2, -0.15) is 0 Å². The second kappa shape index (κ2) is 5.55. The summed E-state index contributed by atoms with van der Waals surface area (Å²) in [6, 6.07) is 0. The van der Waals surface area contributed by atoms with E-state index in [-0.39, 0.29) is 0 Å². The highest BCUT2D eigenvalue weighted by atomic mass is 15.1. The first-order valence-electron chi connectivity index (χ1n) is 6.95. The summed E-state index contributed by atoms with van der Waals surface area (Å²) < 4.78 is 0. The third-order valence-electron chi connectivity index (χ3n) is 3.79. The van der Waals surface area contributed by atoms with Gasteiger partial charge in [0.1, 0.15) is 17.5 Å². The Bertz CT molecular complexity index is 411. The van der Waals surface area contributed by atoms with E-state index in [9.17, 15) is 0 Å². The SMILES string of the molecule is Cc1c(N)nc(C(C)C)nc1NCCC1CCC1. The van der Waals surface area contributed by atoms with E-state index in [1.807, 2.05) is 6.92 Å². The molecule has 1 heterocycles. The lowest BCUT2D eigenvalue weighted by atomic mass is 9.83. The van der Waals surface area contributed by atoms with Gasteiger partial charge in [0, 0.05) is 18.0 Å². The van der Waals surface area contributed by atoms with Gasteiger partial charge >= 0.3 is 0 Å². The number of nitrogens with two attached hydrogens (primary N) is 1. The molecule has 4 nitrogen and oxygen atoms in total. The zero-order chi connectivity index (χ0) is 13.1. The van der Waals surface area contributed by atoms with Crippen molar-refractivity contribution in [3.8, 4) is 0 Å².